The molecule has 0 aromatic heterocycles. The van der Waals surface area contributed by atoms with E-state index in [-0.39, 0.29) is 23.8 Å². The van der Waals surface area contributed by atoms with Gasteiger partial charge in [0, 0.05) is 0 Å². The van der Waals surface area contributed by atoms with Gasteiger partial charge < -0.3 is 15.4 Å². The lowest BCUT2D eigenvalue weighted by Crippen LogP contribution is -2.50. The first-order valence-electron chi connectivity index (χ1n) is 10.4. The standard InChI is InChI=1S/C24H30N2O3/c1-4-29-21-15-8-7-13-19(21)23(27)26-22(16(2)3)24(28)25-20-14-9-11-17-10-5-6-12-18(17)20/h5-8,10,12-13,15-16,20,22H,4,9,11,14H2,1-3H3,(H,25,28)(H,26,27)/t20-,22+/m1/s1. The minimum Gasteiger partial charge on any atom is -0.493 e. The van der Waals surface area contributed by atoms with E-state index < -0.39 is 6.04 Å². The number of carbonyl (C=O) groups excluding carboxylic acids is 2. The van der Waals surface area contributed by atoms with Crippen LogP contribution in [0.3, 0.4) is 0 Å². The van der Waals surface area contributed by atoms with Crippen LogP contribution in [0.25, 0.3) is 0 Å². The van der Waals surface area contributed by atoms with Gasteiger partial charge in [0.25, 0.3) is 5.91 Å². The van der Waals surface area contributed by atoms with Crippen molar-refractivity contribution in [3.05, 3.63) is 65.2 Å². The van der Waals surface area contributed by atoms with Gasteiger partial charge in [0.05, 0.1) is 18.2 Å². The van der Waals surface area contributed by atoms with Crippen LogP contribution in [0.5, 0.6) is 5.75 Å². The van der Waals surface area contributed by atoms with Gasteiger partial charge in [0.2, 0.25) is 5.91 Å². The number of para-hydroxylation sites is 1. The molecule has 2 amide bonds. The smallest absolute Gasteiger partial charge is 0.255 e. The van der Waals surface area contributed by atoms with Gasteiger partial charge in [-0.2, -0.15) is 0 Å². The van der Waals surface area contributed by atoms with E-state index in [1.165, 1.54) is 11.1 Å². The average Bonchev–Trinajstić information content (AvgIpc) is 2.72. The quantitative estimate of drug-likeness (QED) is 0.745. The second kappa shape index (κ2) is 9.59. The summed E-state index contributed by atoms with van der Waals surface area (Å²) in [6.07, 6.45) is 3.00. The summed E-state index contributed by atoms with van der Waals surface area (Å²) in [5.74, 6) is 0.0320. The third kappa shape index (κ3) is 4.97. The molecule has 2 N–H and O–H groups in total. The molecule has 0 heterocycles. The summed E-state index contributed by atoms with van der Waals surface area (Å²) >= 11 is 0. The summed E-state index contributed by atoms with van der Waals surface area (Å²) in [7, 11) is 0. The Hall–Kier alpha value is -2.82. The first-order chi connectivity index (χ1) is 14.0. The fourth-order valence-electron chi connectivity index (χ4n) is 3.85. The molecule has 0 radical (unpaired) electrons. The molecule has 3 rings (SSSR count). The summed E-state index contributed by atoms with van der Waals surface area (Å²) in [6, 6.07) is 14.7. The number of carbonyl (C=O) groups is 2. The predicted molar refractivity (Wildman–Crippen MR) is 114 cm³/mol. The van der Waals surface area contributed by atoms with Crippen LogP contribution in [-0.4, -0.2) is 24.5 Å². The number of fused-ring (bicyclic) bond motifs is 1. The van der Waals surface area contributed by atoms with Gasteiger partial charge in [0.1, 0.15) is 11.8 Å². The average molecular weight is 395 g/mol. The number of benzene rings is 2. The Morgan fingerprint density at radius 3 is 2.59 bits per heavy atom. The topological polar surface area (TPSA) is 67.4 Å². The van der Waals surface area contributed by atoms with Gasteiger partial charge in [-0.3, -0.25) is 9.59 Å². The van der Waals surface area contributed by atoms with Crippen LogP contribution < -0.4 is 15.4 Å². The molecule has 0 spiro atoms. The summed E-state index contributed by atoms with van der Waals surface area (Å²) in [5, 5.41) is 6.08. The summed E-state index contributed by atoms with van der Waals surface area (Å²) in [5.41, 5.74) is 2.92. The molecule has 2 aromatic rings. The van der Waals surface area contributed by atoms with Crippen molar-refractivity contribution < 1.29 is 14.3 Å². The Balaban J connectivity index is 1.74. The van der Waals surface area contributed by atoms with E-state index in [2.05, 4.69) is 22.8 Å². The van der Waals surface area contributed by atoms with Crippen LogP contribution in [-0.2, 0) is 11.2 Å². The molecular formula is C24H30N2O3. The fraction of sp³-hybridized carbons (Fsp3) is 0.417. The van der Waals surface area contributed by atoms with Gasteiger partial charge >= 0.3 is 0 Å². The molecule has 0 bridgehead atoms. The molecule has 0 unspecified atom stereocenters. The first-order valence-corrected chi connectivity index (χ1v) is 10.4. The Morgan fingerprint density at radius 2 is 1.83 bits per heavy atom. The lowest BCUT2D eigenvalue weighted by Gasteiger charge is -2.29. The molecular weight excluding hydrogens is 364 g/mol. The maximum absolute atomic E-state index is 13.1. The second-order valence-corrected chi connectivity index (χ2v) is 7.78. The molecule has 0 aliphatic heterocycles. The van der Waals surface area contributed by atoms with Crippen LogP contribution >= 0.6 is 0 Å². The molecule has 1 aliphatic rings. The van der Waals surface area contributed by atoms with E-state index in [0.29, 0.717) is 17.9 Å². The molecule has 0 saturated carbocycles. The summed E-state index contributed by atoms with van der Waals surface area (Å²) in [4.78, 5) is 26.0. The van der Waals surface area contributed by atoms with Crippen molar-refractivity contribution in [3.8, 4) is 5.75 Å². The van der Waals surface area contributed by atoms with Crippen molar-refractivity contribution in [1.29, 1.82) is 0 Å². The zero-order valence-corrected chi connectivity index (χ0v) is 17.4. The van der Waals surface area contributed by atoms with Gasteiger partial charge in [0.15, 0.2) is 0 Å². The second-order valence-electron chi connectivity index (χ2n) is 7.78. The van der Waals surface area contributed by atoms with Crippen LogP contribution in [0.15, 0.2) is 48.5 Å². The predicted octanol–water partition coefficient (Wildman–Crippen LogP) is 4.03. The maximum Gasteiger partial charge on any atom is 0.255 e. The highest BCUT2D eigenvalue weighted by Gasteiger charge is 2.29. The lowest BCUT2D eigenvalue weighted by atomic mass is 9.87. The van der Waals surface area contributed by atoms with Crippen LogP contribution in [0.1, 0.15) is 61.1 Å². The van der Waals surface area contributed by atoms with E-state index in [1.54, 1.807) is 18.2 Å². The van der Waals surface area contributed by atoms with Gasteiger partial charge in [-0.05, 0) is 55.4 Å². The van der Waals surface area contributed by atoms with Crippen molar-refractivity contribution in [3.63, 3.8) is 0 Å². The Labute approximate surface area is 172 Å². The highest BCUT2D eigenvalue weighted by Crippen LogP contribution is 2.29. The third-order valence-corrected chi connectivity index (χ3v) is 5.35. The van der Waals surface area contributed by atoms with Crippen LogP contribution in [0.4, 0.5) is 0 Å². The van der Waals surface area contributed by atoms with Crippen molar-refractivity contribution in [1.82, 2.24) is 10.6 Å². The minimum atomic E-state index is -0.619. The number of amides is 2. The molecule has 2 atom stereocenters. The first kappa shape index (κ1) is 20.9. The molecule has 5 heteroatoms. The molecule has 0 fully saturated rings. The van der Waals surface area contributed by atoms with Crippen molar-refractivity contribution >= 4 is 11.8 Å². The van der Waals surface area contributed by atoms with Gasteiger partial charge in [-0.1, -0.05) is 50.2 Å². The molecule has 154 valence electrons. The highest BCUT2D eigenvalue weighted by molar-refractivity contribution is 5.99. The number of nitrogens with one attached hydrogen (secondary N) is 2. The number of rotatable bonds is 7. The Bertz CT molecular complexity index is 863. The van der Waals surface area contributed by atoms with Crippen LogP contribution in [0, 0.1) is 5.92 Å². The van der Waals surface area contributed by atoms with E-state index >= 15 is 0 Å². The van der Waals surface area contributed by atoms with E-state index in [9.17, 15) is 9.59 Å². The van der Waals surface area contributed by atoms with Crippen molar-refractivity contribution in [2.45, 2.75) is 52.1 Å². The summed E-state index contributed by atoms with van der Waals surface area (Å²) < 4.78 is 5.56. The largest absolute Gasteiger partial charge is 0.493 e. The molecule has 0 saturated heterocycles. The number of hydrogen-bond acceptors (Lipinski definition) is 3. The maximum atomic E-state index is 13.1. The summed E-state index contributed by atoms with van der Waals surface area (Å²) in [6.45, 7) is 6.22. The number of aryl methyl sites for hydroxylation is 1. The highest BCUT2D eigenvalue weighted by atomic mass is 16.5. The van der Waals surface area contributed by atoms with Gasteiger partial charge in [-0.25, -0.2) is 0 Å². The molecule has 1 aliphatic carbocycles. The zero-order chi connectivity index (χ0) is 20.8. The van der Waals surface area contributed by atoms with Gasteiger partial charge in [-0.15, -0.1) is 0 Å². The molecule has 29 heavy (non-hydrogen) atoms. The molecule has 2 aromatic carbocycles. The third-order valence-electron chi connectivity index (χ3n) is 5.35. The van der Waals surface area contributed by atoms with E-state index in [0.717, 1.165) is 19.3 Å². The SMILES string of the molecule is CCOc1ccccc1C(=O)N[C@H](C(=O)N[C@@H]1CCCc2ccccc21)C(C)C. The monoisotopic (exact) mass is 394 g/mol. The minimum absolute atomic E-state index is 0.0127. The van der Waals surface area contributed by atoms with Crippen LogP contribution in [0.2, 0.25) is 0 Å². The Kier molecular flexibility index (Phi) is 6.91. The van der Waals surface area contributed by atoms with Crippen molar-refractivity contribution in [2.75, 3.05) is 6.61 Å². The Morgan fingerprint density at radius 1 is 1.10 bits per heavy atom. The van der Waals surface area contributed by atoms with E-state index in [1.807, 2.05) is 39.0 Å². The number of ether oxygens (including phenoxy) is 1. The van der Waals surface area contributed by atoms with E-state index in [4.69, 9.17) is 4.74 Å². The zero-order valence-electron chi connectivity index (χ0n) is 17.4. The lowest BCUT2D eigenvalue weighted by molar-refractivity contribution is -0.124. The molecule has 5 nitrogen and oxygen atoms in total. The van der Waals surface area contributed by atoms with Crippen molar-refractivity contribution in [2.24, 2.45) is 5.92 Å². The normalized spacial score (nSPS) is 16.6. The number of hydrogen-bond donors (Lipinski definition) is 2. The fourth-order valence-corrected chi connectivity index (χ4v) is 3.85.